The Balaban J connectivity index is 2.45. The Morgan fingerprint density at radius 1 is 1.43 bits per heavy atom. The maximum absolute atomic E-state index is 11.3. The Morgan fingerprint density at radius 2 is 2.19 bits per heavy atom. The van der Waals surface area contributed by atoms with Crippen LogP contribution >= 0.6 is 11.3 Å². The Hall–Kier alpha value is -1.73. The lowest BCUT2D eigenvalue weighted by Crippen LogP contribution is -2.28. The van der Waals surface area contributed by atoms with E-state index in [-0.39, 0.29) is 0 Å². The lowest BCUT2D eigenvalue weighted by Gasteiger charge is -2.22. The van der Waals surface area contributed by atoms with Gasteiger partial charge < -0.3 is 14.7 Å². The molecule has 2 aromatic heterocycles. The van der Waals surface area contributed by atoms with Crippen molar-refractivity contribution in [3.63, 3.8) is 0 Å². The second-order valence-electron chi connectivity index (χ2n) is 4.52. The average Bonchev–Trinajstić information content (AvgIpc) is 2.82. The molecule has 0 saturated carbocycles. The molecule has 21 heavy (non-hydrogen) atoms. The molecular weight excluding hydrogens is 290 g/mol. The summed E-state index contributed by atoms with van der Waals surface area (Å²) in [5.74, 6) is -0.137. The first kappa shape index (κ1) is 15.7. The van der Waals surface area contributed by atoms with Crippen molar-refractivity contribution >= 4 is 33.3 Å². The Morgan fingerprint density at radius 3 is 2.81 bits per heavy atom. The van der Waals surface area contributed by atoms with E-state index in [1.165, 1.54) is 17.7 Å². The first-order valence-electron chi connectivity index (χ1n) is 6.90. The zero-order valence-corrected chi connectivity index (χ0v) is 13.2. The van der Waals surface area contributed by atoms with Gasteiger partial charge in [0.25, 0.3) is 0 Å². The molecule has 0 aliphatic heterocycles. The molecule has 0 spiro atoms. The quantitative estimate of drug-likeness (QED) is 0.792. The topological polar surface area (TPSA) is 75.5 Å². The molecule has 7 heteroatoms. The van der Waals surface area contributed by atoms with Crippen LogP contribution in [0.3, 0.4) is 0 Å². The number of aromatic carboxylic acids is 1. The molecule has 2 rings (SSSR count). The van der Waals surface area contributed by atoms with Gasteiger partial charge in [-0.05, 0) is 26.3 Å². The van der Waals surface area contributed by atoms with E-state index >= 15 is 0 Å². The third-order valence-electron chi connectivity index (χ3n) is 3.29. The van der Waals surface area contributed by atoms with Gasteiger partial charge >= 0.3 is 5.97 Å². The zero-order chi connectivity index (χ0) is 15.4. The van der Waals surface area contributed by atoms with Gasteiger partial charge in [0.1, 0.15) is 21.9 Å². The predicted molar refractivity (Wildman–Crippen MR) is 83.5 cm³/mol. The number of rotatable bonds is 7. The molecule has 2 heterocycles. The van der Waals surface area contributed by atoms with Gasteiger partial charge in [0.05, 0.1) is 12.0 Å². The molecule has 0 fully saturated rings. The number of likely N-dealkylation sites (N-methyl/N-ethyl adjacent to an activating group) is 1. The molecule has 0 bridgehead atoms. The monoisotopic (exact) mass is 309 g/mol. The van der Waals surface area contributed by atoms with Crippen LogP contribution in [0.1, 0.15) is 29.1 Å². The number of ether oxygens (including phenoxy) is 1. The second-order valence-corrected chi connectivity index (χ2v) is 5.51. The molecule has 1 N–H and O–H groups in total. The minimum atomic E-state index is -0.918. The molecule has 0 amide bonds. The highest BCUT2D eigenvalue weighted by molar-refractivity contribution is 7.20. The minimum absolute atomic E-state index is 0.326. The number of aromatic nitrogens is 2. The number of anilines is 1. The Labute approximate surface area is 127 Å². The second kappa shape index (κ2) is 6.82. The van der Waals surface area contributed by atoms with Crippen LogP contribution < -0.4 is 4.90 Å². The first-order valence-corrected chi connectivity index (χ1v) is 7.71. The number of carboxylic acids is 1. The molecule has 2 aromatic rings. The number of fused-ring (bicyclic) bond motifs is 1. The van der Waals surface area contributed by atoms with Crippen molar-refractivity contribution < 1.29 is 14.6 Å². The summed E-state index contributed by atoms with van der Waals surface area (Å²) >= 11 is 1.19. The van der Waals surface area contributed by atoms with Gasteiger partial charge in [-0.1, -0.05) is 0 Å². The molecule has 0 atom stereocenters. The van der Waals surface area contributed by atoms with Crippen LogP contribution in [0.4, 0.5) is 5.82 Å². The maximum Gasteiger partial charge on any atom is 0.346 e. The predicted octanol–water partition coefficient (Wildman–Crippen LogP) is 2.56. The third kappa shape index (κ3) is 3.14. The largest absolute Gasteiger partial charge is 0.477 e. The van der Waals surface area contributed by atoms with Gasteiger partial charge in [0.2, 0.25) is 0 Å². The normalized spacial score (nSPS) is 11.0. The molecule has 0 saturated heterocycles. The van der Waals surface area contributed by atoms with Gasteiger partial charge in [0.15, 0.2) is 0 Å². The fourth-order valence-corrected chi connectivity index (χ4v) is 3.21. The molecular formula is C14H19N3O3S. The summed E-state index contributed by atoms with van der Waals surface area (Å²) < 4.78 is 5.40. The fraction of sp³-hybridized carbons (Fsp3) is 0.500. The van der Waals surface area contributed by atoms with Crippen molar-refractivity contribution in [1.29, 1.82) is 0 Å². The summed E-state index contributed by atoms with van der Waals surface area (Å²) in [7, 11) is 0. The zero-order valence-electron chi connectivity index (χ0n) is 12.4. The molecule has 114 valence electrons. The van der Waals surface area contributed by atoms with Gasteiger partial charge in [0, 0.05) is 19.7 Å². The van der Waals surface area contributed by atoms with Gasteiger partial charge in [-0.2, -0.15) is 0 Å². The van der Waals surface area contributed by atoms with E-state index in [0.29, 0.717) is 29.5 Å². The summed E-state index contributed by atoms with van der Waals surface area (Å²) in [5, 5.41) is 10.1. The molecule has 0 aromatic carbocycles. The number of carboxylic acid groups (broad SMARTS) is 1. The van der Waals surface area contributed by atoms with E-state index in [4.69, 9.17) is 4.74 Å². The van der Waals surface area contributed by atoms with Crippen LogP contribution in [0.25, 0.3) is 10.2 Å². The molecule has 0 aliphatic carbocycles. The minimum Gasteiger partial charge on any atom is -0.477 e. The van der Waals surface area contributed by atoms with Crippen molar-refractivity contribution in [3.8, 4) is 0 Å². The van der Waals surface area contributed by atoms with E-state index < -0.39 is 5.97 Å². The number of nitrogens with zero attached hydrogens (tertiary/aromatic N) is 3. The van der Waals surface area contributed by atoms with Crippen LogP contribution in [0.2, 0.25) is 0 Å². The SMILES string of the molecule is CCOCCN(CC)c1ncnc2sc(C(=O)O)c(C)c12. The van der Waals surface area contributed by atoms with Crippen LogP contribution in [-0.4, -0.2) is 47.3 Å². The van der Waals surface area contributed by atoms with Crippen molar-refractivity contribution in [3.05, 3.63) is 16.8 Å². The van der Waals surface area contributed by atoms with Crippen molar-refractivity contribution in [1.82, 2.24) is 9.97 Å². The van der Waals surface area contributed by atoms with E-state index in [1.807, 2.05) is 20.8 Å². The van der Waals surface area contributed by atoms with Crippen LogP contribution in [-0.2, 0) is 4.74 Å². The third-order valence-corrected chi connectivity index (χ3v) is 4.48. The number of aryl methyl sites for hydroxylation is 1. The number of carbonyl (C=O) groups is 1. The lowest BCUT2D eigenvalue weighted by molar-refractivity contribution is 0.0701. The highest BCUT2D eigenvalue weighted by Gasteiger charge is 2.20. The maximum atomic E-state index is 11.3. The molecule has 0 radical (unpaired) electrons. The van der Waals surface area contributed by atoms with E-state index in [9.17, 15) is 9.90 Å². The number of thiophene rings is 1. The summed E-state index contributed by atoms with van der Waals surface area (Å²) in [5.41, 5.74) is 0.730. The lowest BCUT2D eigenvalue weighted by atomic mass is 10.2. The molecule has 0 unspecified atom stereocenters. The standard InChI is InChI=1S/C14H19N3O3S/c1-4-17(6-7-20-5-2)12-10-9(3)11(14(18)19)21-13(10)16-8-15-12/h8H,4-7H2,1-3H3,(H,18,19). The van der Waals surface area contributed by atoms with E-state index in [0.717, 1.165) is 23.3 Å². The van der Waals surface area contributed by atoms with Gasteiger partial charge in [-0.3, -0.25) is 0 Å². The van der Waals surface area contributed by atoms with E-state index in [2.05, 4.69) is 14.9 Å². The summed E-state index contributed by atoms with van der Waals surface area (Å²) in [6.45, 7) is 8.60. The summed E-state index contributed by atoms with van der Waals surface area (Å²) in [6, 6.07) is 0. The van der Waals surface area contributed by atoms with Crippen molar-refractivity contribution in [2.45, 2.75) is 20.8 Å². The Kier molecular flexibility index (Phi) is 5.08. The number of hydrogen-bond acceptors (Lipinski definition) is 6. The van der Waals surface area contributed by atoms with Crippen LogP contribution in [0, 0.1) is 6.92 Å². The summed E-state index contributed by atoms with van der Waals surface area (Å²) in [4.78, 5) is 23.0. The van der Waals surface area contributed by atoms with E-state index in [1.54, 1.807) is 0 Å². The first-order chi connectivity index (χ1) is 10.1. The van der Waals surface area contributed by atoms with Crippen molar-refractivity contribution in [2.75, 3.05) is 31.2 Å². The molecule has 6 nitrogen and oxygen atoms in total. The number of hydrogen-bond donors (Lipinski definition) is 1. The average molecular weight is 309 g/mol. The van der Waals surface area contributed by atoms with Gasteiger partial charge in [-0.25, -0.2) is 14.8 Å². The molecule has 0 aliphatic rings. The summed E-state index contributed by atoms with van der Waals surface area (Å²) in [6.07, 6.45) is 1.49. The highest BCUT2D eigenvalue weighted by Crippen LogP contribution is 2.34. The highest BCUT2D eigenvalue weighted by atomic mass is 32.1. The smallest absolute Gasteiger partial charge is 0.346 e. The fourth-order valence-electron chi connectivity index (χ4n) is 2.23. The van der Waals surface area contributed by atoms with Crippen LogP contribution in [0.15, 0.2) is 6.33 Å². The van der Waals surface area contributed by atoms with Crippen LogP contribution in [0.5, 0.6) is 0 Å². The van der Waals surface area contributed by atoms with Gasteiger partial charge in [-0.15, -0.1) is 11.3 Å². The van der Waals surface area contributed by atoms with Crippen molar-refractivity contribution in [2.24, 2.45) is 0 Å². The Bertz CT molecular complexity index is 642.